The number of carbonyl (C=O) groups excluding carboxylic acids is 1. The first-order valence-corrected chi connectivity index (χ1v) is 5.65. The third-order valence-corrected chi connectivity index (χ3v) is 2.31. The van der Waals surface area contributed by atoms with Gasteiger partial charge in [-0.15, -0.1) is 0 Å². The number of halogens is 1. The lowest BCUT2D eigenvalue weighted by Gasteiger charge is -2.08. The van der Waals surface area contributed by atoms with Crippen molar-refractivity contribution in [3.05, 3.63) is 28.8 Å². The van der Waals surface area contributed by atoms with Gasteiger partial charge in [-0.3, -0.25) is 4.79 Å². The molecule has 1 amide bonds. The lowest BCUT2D eigenvalue weighted by atomic mass is 10.2. The van der Waals surface area contributed by atoms with E-state index in [0.717, 1.165) is 12.0 Å². The monoisotopic (exact) mass is 241 g/mol. The van der Waals surface area contributed by atoms with E-state index in [1.807, 2.05) is 26.0 Å². The highest BCUT2D eigenvalue weighted by atomic mass is 35.5. The number of anilines is 1. The second kappa shape index (κ2) is 6.51. The van der Waals surface area contributed by atoms with Gasteiger partial charge in [-0.25, -0.2) is 0 Å². The molecule has 0 aromatic heterocycles. The van der Waals surface area contributed by atoms with E-state index in [1.165, 1.54) is 0 Å². The molecule has 0 bridgehead atoms. The molecule has 0 fully saturated rings. The smallest absolute Gasteiger partial charge is 0.250 e. The van der Waals surface area contributed by atoms with E-state index in [0.29, 0.717) is 17.3 Å². The van der Waals surface area contributed by atoms with Crippen LogP contribution in [0.1, 0.15) is 18.9 Å². The van der Waals surface area contributed by atoms with Gasteiger partial charge in [0.05, 0.1) is 10.7 Å². The molecule has 0 aliphatic carbocycles. The molecule has 1 rings (SSSR count). The van der Waals surface area contributed by atoms with Crippen molar-refractivity contribution in [2.75, 3.05) is 18.5 Å². The van der Waals surface area contributed by atoms with Gasteiger partial charge >= 0.3 is 0 Å². The van der Waals surface area contributed by atoms with Crippen molar-refractivity contribution in [1.29, 1.82) is 0 Å². The van der Waals surface area contributed by atoms with E-state index < -0.39 is 0 Å². The zero-order valence-electron chi connectivity index (χ0n) is 9.55. The molecule has 16 heavy (non-hydrogen) atoms. The number of nitrogens with one attached hydrogen (secondary N) is 1. The molecule has 1 aromatic rings. The first-order valence-electron chi connectivity index (χ1n) is 5.27. The molecule has 4 heteroatoms. The van der Waals surface area contributed by atoms with Crippen LogP contribution in [0.5, 0.6) is 0 Å². The van der Waals surface area contributed by atoms with E-state index in [1.54, 1.807) is 6.07 Å². The van der Waals surface area contributed by atoms with E-state index in [9.17, 15) is 4.79 Å². The standard InChI is InChI=1S/C12H16ClNO2/c1-3-6-16-8-12(15)14-11-7-9(2)4-5-10(11)13/h4-5,7H,3,6,8H2,1-2H3,(H,14,15). The summed E-state index contributed by atoms with van der Waals surface area (Å²) < 4.78 is 5.13. The number of hydrogen-bond acceptors (Lipinski definition) is 2. The Morgan fingerprint density at radius 1 is 1.50 bits per heavy atom. The molecule has 0 aliphatic heterocycles. The Morgan fingerprint density at radius 3 is 2.94 bits per heavy atom. The fourth-order valence-electron chi connectivity index (χ4n) is 1.23. The topological polar surface area (TPSA) is 38.3 Å². The summed E-state index contributed by atoms with van der Waals surface area (Å²) in [7, 11) is 0. The van der Waals surface area contributed by atoms with Crippen molar-refractivity contribution in [3.63, 3.8) is 0 Å². The molecule has 0 heterocycles. The lowest BCUT2D eigenvalue weighted by molar-refractivity contribution is -0.120. The number of hydrogen-bond donors (Lipinski definition) is 1. The Hall–Kier alpha value is -1.06. The highest BCUT2D eigenvalue weighted by Crippen LogP contribution is 2.22. The van der Waals surface area contributed by atoms with Crippen LogP contribution in [-0.4, -0.2) is 19.1 Å². The third kappa shape index (κ3) is 4.21. The number of amides is 1. The molecule has 1 aromatic carbocycles. The quantitative estimate of drug-likeness (QED) is 0.805. The number of carbonyl (C=O) groups is 1. The minimum atomic E-state index is -0.180. The highest BCUT2D eigenvalue weighted by molar-refractivity contribution is 6.33. The van der Waals surface area contributed by atoms with Gasteiger partial charge in [-0.05, 0) is 31.0 Å². The third-order valence-electron chi connectivity index (χ3n) is 1.98. The minimum absolute atomic E-state index is 0.0676. The van der Waals surface area contributed by atoms with Crippen LogP contribution < -0.4 is 5.32 Å². The minimum Gasteiger partial charge on any atom is -0.372 e. The SMILES string of the molecule is CCCOCC(=O)Nc1cc(C)ccc1Cl. The number of benzene rings is 1. The van der Waals surface area contributed by atoms with Crippen LogP contribution in [0.2, 0.25) is 5.02 Å². The molecule has 0 saturated heterocycles. The van der Waals surface area contributed by atoms with Gasteiger partial charge in [0.15, 0.2) is 0 Å². The van der Waals surface area contributed by atoms with Crippen LogP contribution in [0, 0.1) is 6.92 Å². The molecule has 0 atom stereocenters. The predicted molar refractivity (Wildman–Crippen MR) is 65.9 cm³/mol. The highest BCUT2D eigenvalue weighted by Gasteiger charge is 2.05. The molecule has 0 radical (unpaired) electrons. The maximum Gasteiger partial charge on any atom is 0.250 e. The van der Waals surface area contributed by atoms with Gasteiger partial charge in [0.2, 0.25) is 5.91 Å². The van der Waals surface area contributed by atoms with E-state index in [2.05, 4.69) is 5.32 Å². The largest absolute Gasteiger partial charge is 0.372 e. The fourth-order valence-corrected chi connectivity index (χ4v) is 1.40. The van der Waals surface area contributed by atoms with Gasteiger partial charge in [0.25, 0.3) is 0 Å². The summed E-state index contributed by atoms with van der Waals surface area (Å²) in [5.74, 6) is -0.180. The van der Waals surface area contributed by atoms with Crippen molar-refractivity contribution in [3.8, 4) is 0 Å². The summed E-state index contributed by atoms with van der Waals surface area (Å²) in [6.45, 7) is 4.60. The zero-order valence-corrected chi connectivity index (χ0v) is 10.3. The Labute approximate surface area is 101 Å². The van der Waals surface area contributed by atoms with Gasteiger partial charge in [-0.1, -0.05) is 24.6 Å². The number of ether oxygens (including phenoxy) is 1. The van der Waals surface area contributed by atoms with Gasteiger partial charge in [-0.2, -0.15) is 0 Å². The summed E-state index contributed by atoms with van der Waals surface area (Å²) in [6.07, 6.45) is 0.901. The van der Waals surface area contributed by atoms with Gasteiger partial charge in [0, 0.05) is 6.61 Å². The second-order valence-electron chi connectivity index (χ2n) is 3.58. The Bertz CT molecular complexity index is 366. The average molecular weight is 242 g/mol. The van der Waals surface area contributed by atoms with Crippen molar-refractivity contribution >= 4 is 23.2 Å². The first-order chi connectivity index (χ1) is 7.63. The lowest BCUT2D eigenvalue weighted by Crippen LogP contribution is -2.18. The van der Waals surface area contributed by atoms with Crippen LogP contribution in [0.4, 0.5) is 5.69 Å². The number of aryl methyl sites for hydroxylation is 1. The predicted octanol–water partition coefficient (Wildman–Crippen LogP) is 3.01. The van der Waals surface area contributed by atoms with Crippen LogP contribution in [0.3, 0.4) is 0 Å². The first kappa shape index (κ1) is 13.0. The molecule has 0 aliphatic rings. The molecule has 0 unspecified atom stereocenters. The molecule has 88 valence electrons. The Morgan fingerprint density at radius 2 is 2.25 bits per heavy atom. The molecule has 1 N–H and O–H groups in total. The summed E-state index contributed by atoms with van der Waals surface area (Å²) >= 11 is 5.95. The van der Waals surface area contributed by atoms with Gasteiger partial charge in [0.1, 0.15) is 6.61 Å². The molecule has 3 nitrogen and oxygen atoms in total. The normalized spacial score (nSPS) is 10.2. The van der Waals surface area contributed by atoms with Crippen molar-refractivity contribution in [2.24, 2.45) is 0 Å². The second-order valence-corrected chi connectivity index (χ2v) is 3.99. The molecule has 0 spiro atoms. The van der Waals surface area contributed by atoms with E-state index >= 15 is 0 Å². The van der Waals surface area contributed by atoms with Crippen LogP contribution >= 0.6 is 11.6 Å². The summed E-state index contributed by atoms with van der Waals surface area (Å²) in [4.78, 5) is 11.5. The fraction of sp³-hybridized carbons (Fsp3) is 0.417. The Balaban J connectivity index is 2.52. The maximum absolute atomic E-state index is 11.5. The molecular weight excluding hydrogens is 226 g/mol. The van der Waals surface area contributed by atoms with E-state index in [-0.39, 0.29) is 12.5 Å². The average Bonchev–Trinajstić information content (AvgIpc) is 2.24. The van der Waals surface area contributed by atoms with Crippen molar-refractivity contribution in [1.82, 2.24) is 0 Å². The number of rotatable bonds is 5. The van der Waals surface area contributed by atoms with Gasteiger partial charge < -0.3 is 10.1 Å². The molecular formula is C12H16ClNO2. The molecule has 0 saturated carbocycles. The Kier molecular flexibility index (Phi) is 5.29. The van der Waals surface area contributed by atoms with Crippen LogP contribution in [0.25, 0.3) is 0 Å². The summed E-state index contributed by atoms with van der Waals surface area (Å²) in [6, 6.07) is 5.49. The van der Waals surface area contributed by atoms with Crippen molar-refractivity contribution < 1.29 is 9.53 Å². The maximum atomic E-state index is 11.5. The van der Waals surface area contributed by atoms with E-state index in [4.69, 9.17) is 16.3 Å². The van der Waals surface area contributed by atoms with Crippen LogP contribution in [0.15, 0.2) is 18.2 Å². The summed E-state index contributed by atoms with van der Waals surface area (Å²) in [5.41, 5.74) is 1.68. The summed E-state index contributed by atoms with van der Waals surface area (Å²) in [5, 5.41) is 3.25. The van der Waals surface area contributed by atoms with Crippen molar-refractivity contribution in [2.45, 2.75) is 20.3 Å². The van der Waals surface area contributed by atoms with Crippen LogP contribution in [-0.2, 0) is 9.53 Å². The zero-order chi connectivity index (χ0) is 12.0.